The number of rotatable bonds is 7. The van der Waals surface area contributed by atoms with Crippen molar-refractivity contribution in [2.75, 3.05) is 37.7 Å². The number of ether oxygens (including phenoxy) is 1. The predicted molar refractivity (Wildman–Crippen MR) is 147 cm³/mol. The largest absolute Gasteiger partial charge is 0.484 e. The van der Waals surface area contributed by atoms with E-state index in [2.05, 4.69) is 43.0 Å². The summed E-state index contributed by atoms with van der Waals surface area (Å²) >= 11 is 0. The molecule has 1 aromatic heterocycles. The smallest absolute Gasteiger partial charge is 0.260 e. The van der Waals surface area contributed by atoms with Crippen LogP contribution in [0.2, 0.25) is 0 Å². The summed E-state index contributed by atoms with van der Waals surface area (Å²) in [5, 5.41) is 0. The first-order valence-electron chi connectivity index (χ1n) is 12.8. The van der Waals surface area contributed by atoms with Crippen molar-refractivity contribution in [2.45, 2.75) is 20.3 Å². The molecule has 1 aliphatic heterocycles. The number of hydrogen-bond acceptors (Lipinski definition) is 5. The third-order valence-corrected chi connectivity index (χ3v) is 6.72. The van der Waals surface area contributed by atoms with E-state index in [9.17, 15) is 4.79 Å². The van der Waals surface area contributed by atoms with Gasteiger partial charge in [-0.25, -0.2) is 9.97 Å². The van der Waals surface area contributed by atoms with Crippen LogP contribution in [0.3, 0.4) is 0 Å². The topological polar surface area (TPSA) is 58.6 Å². The van der Waals surface area contributed by atoms with Crippen LogP contribution in [0.1, 0.15) is 22.4 Å². The van der Waals surface area contributed by atoms with Crippen LogP contribution in [0.25, 0.3) is 11.4 Å². The molecular weight excluding hydrogens is 460 g/mol. The fourth-order valence-corrected chi connectivity index (χ4v) is 4.71. The average molecular weight is 493 g/mol. The molecule has 0 atom stereocenters. The number of piperazine rings is 1. The summed E-state index contributed by atoms with van der Waals surface area (Å²) in [6.45, 7) is 6.92. The quantitative estimate of drug-likeness (QED) is 0.360. The molecule has 0 bridgehead atoms. The van der Waals surface area contributed by atoms with Gasteiger partial charge >= 0.3 is 0 Å². The van der Waals surface area contributed by atoms with Crippen molar-refractivity contribution in [2.24, 2.45) is 0 Å². The Morgan fingerprint density at radius 3 is 2.24 bits per heavy atom. The Bertz CT molecular complexity index is 1350. The van der Waals surface area contributed by atoms with E-state index in [0.29, 0.717) is 31.9 Å². The van der Waals surface area contributed by atoms with Gasteiger partial charge < -0.3 is 14.5 Å². The van der Waals surface area contributed by atoms with Gasteiger partial charge in [0.25, 0.3) is 5.91 Å². The highest BCUT2D eigenvalue weighted by Gasteiger charge is 2.25. The van der Waals surface area contributed by atoms with Gasteiger partial charge in [-0.2, -0.15) is 0 Å². The Balaban J connectivity index is 1.36. The second-order valence-electron chi connectivity index (χ2n) is 9.44. The highest BCUT2D eigenvalue weighted by Crippen LogP contribution is 2.28. The van der Waals surface area contributed by atoms with E-state index in [4.69, 9.17) is 14.7 Å². The summed E-state index contributed by atoms with van der Waals surface area (Å²) in [6.07, 6.45) is 0.766. The van der Waals surface area contributed by atoms with Crippen molar-refractivity contribution < 1.29 is 9.53 Å². The average Bonchev–Trinajstić information content (AvgIpc) is 2.94. The number of nitrogens with zero attached hydrogens (tertiary/aromatic N) is 4. The minimum atomic E-state index is 0.00679. The molecule has 1 fully saturated rings. The van der Waals surface area contributed by atoms with Crippen molar-refractivity contribution in [3.8, 4) is 17.1 Å². The van der Waals surface area contributed by atoms with E-state index >= 15 is 0 Å². The van der Waals surface area contributed by atoms with Crippen molar-refractivity contribution in [3.63, 3.8) is 0 Å². The van der Waals surface area contributed by atoms with E-state index in [-0.39, 0.29) is 12.5 Å². The second-order valence-corrected chi connectivity index (χ2v) is 9.44. The van der Waals surface area contributed by atoms with Gasteiger partial charge in [-0.05, 0) is 31.5 Å². The molecular formula is C31H32N4O2. The van der Waals surface area contributed by atoms with Crippen LogP contribution in [0.5, 0.6) is 5.75 Å². The zero-order chi connectivity index (χ0) is 25.6. The second kappa shape index (κ2) is 11.2. The van der Waals surface area contributed by atoms with Crippen molar-refractivity contribution in [3.05, 3.63) is 107 Å². The lowest BCUT2D eigenvalue weighted by Crippen LogP contribution is -2.50. The van der Waals surface area contributed by atoms with Crippen LogP contribution < -0.4 is 9.64 Å². The minimum absolute atomic E-state index is 0.00679. The highest BCUT2D eigenvalue weighted by molar-refractivity contribution is 5.78. The van der Waals surface area contributed by atoms with Crippen molar-refractivity contribution >= 4 is 11.7 Å². The van der Waals surface area contributed by atoms with E-state index in [1.54, 1.807) is 0 Å². The van der Waals surface area contributed by atoms with Crippen LogP contribution in [0, 0.1) is 13.8 Å². The standard InChI is InChI=1S/C31H32N4O2/c1-23-10-9-11-25(20-23)21-28-24(2)32-30(26-12-5-3-6-13-26)33-31(28)35-18-16-34(17-19-35)29(36)22-37-27-14-7-4-8-15-27/h3-15,20H,16-19,21-22H2,1-2H3. The molecule has 4 aromatic rings. The van der Waals surface area contributed by atoms with E-state index in [0.717, 1.165) is 34.9 Å². The van der Waals surface area contributed by atoms with Crippen LogP contribution in [-0.4, -0.2) is 53.6 Å². The maximum Gasteiger partial charge on any atom is 0.260 e. The number of hydrogen-bond donors (Lipinski definition) is 0. The summed E-state index contributed by atoms with van der Waals surface area (Å²) in [7, 11) is 0. The fourth-order valence-electron chi connectivity index (χ4n) is 4.71. The zero-order valence-corrected chi connectivity index (χ0v) is 21.4. The third kappa shape index (κ3) is 5.97. The Kier molecular flexibility index (Phi) is 7.45. The Labute approximate surface area is 218 Å². The molecule has 0 N–H and O–H groups in total. The number of carbonyl (C=O) groups excluding carboxylic acids is 1. The zero-order valence-electron chi connectivity index (χ0n) is 21.4. The van der Waals surface area contributed by atoms with E-state index in [1.807, 2.05) is 65.6 Å². The molecule has 0 radical (unpaired) electrons. The minimum Gasteiger partial charge on any atom is -0.484 e. The molecule has 5 rings (SSSR count). The highest BCUT2D eigenvalue weighted by atomic mass is 16.5. The molecule has 6 heteroatoms. The Morgan fingerprint density at radius 2 is 1.54 bits per heavy atom. The van der Waals surface area contributed by atoms with Gasteiger partial charge in [0.15, 0.2) is 12.4 Å². The first kappa shape index (κ1) is 24.5. The lowest BCUT2D eigenvalue weighted by atomic mass is 10.0. The van der Waals surface area contributed by atoms with E-state index in [1.165, 1.54) is 11.1 Å². The summed E-state index contributed by atoms with van der Waals surface area (Å²) in [6, 6.07) is 28.2. The van der Waals surface area contributed by atoms with Crippen molar-refractivity contribution in [1.29, 1.82) is 0 Å². The Hall–Kier alpha value is -4.19. The molecule has 188 valence electrons. The predicted octanol–water partition coefficient (Wildman–Crippen LogP) is 5.08. The maximum atomic E-state index is 12.8. The maximum absolute atomic E-state index is 12.8. The number of benzene rings is 3. The molecule has 1 saturated heterocycles. The lowest BCUT2D eigenvalue weighted by Gasteiger charge is -2.36. The summed E-state index contributed by atoms with van der Waals surface area (Å²) in [4.78, 5) is 27.0. The molecule has 0 saturated carbocycles. The molecule has 0 aliphatic carbocycles. The SMILES string of the molecule is Cc1cccc(Cc2c(C)nc(-c3ccccc3)nc2N2CCN(C(=O)COc3ccccc3)CC2)c1. The fraction of sp³-hybridized carbons (Fsp3) is 0.258. The molecule has 0 spiro atoms. The molecule has 2 heterocycles. The summed E-state index contributed by atoms with van der Waals surface area (Å²) < 4.78 is 5.68. The molecule has 1 amide bonds. The number of para-hydroxylation sites is 1. The summed E-state index contributed by atoms with van der Waals surface area (Å²) in [5.41, 5.74) is 5.61. The van der Waals surface area contributed by atoms with Crippen LogP contribution >= 0.6 is 0 Å². The number of anilines is 1. The van der Waals surface area contributed by atoms with E-state index < -0.39 is 0 Å². The monoisotopic (exact) mass is 492 g/mol. The molecule has 3 aromatic carbocycles. The number of amides is 1. The first-order chi connectivity index (χ1) is 18.1. The van der Waals surface area contributed by atoms with Crippen LogP contribution in [-0.2, 0) is 11.2 Å². The third-order valence-electron chi connectivity index (χ3n) is 6.72. The Morgan fingerprint density at radius 1 is 0.838 bits per heavy atom. The van der Waals surface area contributed by atoms with Crippen molar-refractivity contribution in [1.82, 2.24) is 14.9 Å². The molecule has 0 unspecified atom stereocenters. The molecule has 1 aliphatic rings. The van der Waals surface area contributed by atoms with Crippen LogP contribution in [0.4, 0.5) is 5.82 Å². The van der Waals surface area contributed by atoms with Gasteiger partial charge in [0.2, 0.25) is 0 Å². The molecule has 37 heavy (non-hydrogen) atoms. The summed E-state index contributed by atoms with van der Waals surface area (Å²) in [5.74, 6) is 2.41. The van der Waals surface area contributed by atoms with Gasteiger partial charge in [-0.1, -0.05) is 78.4 Å². The van der Waals surface area contributed by atoms with Gasteiger partial charge in [0.1, 0.15) is 11.6 Å². The van der Waals surface area contributed by atoms with Gasteiger partial charge in [0.05, 0.1) is 0 Å². The first-order valence-corrected chi connectivity index (χ1v) is 12.8. The van der Waals surface area contributed by atoms with Gasteiger partial charge in [-0.3, -0.25) is 4.79 Å². The number of aromatic nitrogens is 2. The molecule has 6 nitrogen and oxygen atoms in total. The van der Waals surface area contributed by atoms with Crippen LogP contribution in [0.15, 0.2) is 84.9 Å². The number of carbonyl (C=O) groups is 1. The number of aryl methyl sites for hydroxylation is 2. The normalized spacial score (nSPS) is 13.5. The van der Waals surface area contributed by atoms with Gasteiger partial charge in [0, 0.05) is 49.4 Å². The lowest BCUT2D eigenvalue weighted by molar-refractivity contribution is -0.133. The van der Waals surface area contributed by atoms with Gasteiger partial charge in [-0.15, -0.1) is 0 Å².